The molecule has 0 saturated carbocycles. The highest BCUT2D eigenvalue weighted by Crippen LogP contribution is 2.36. The topological polar surface area (TPSA) is 0 Å². The Kier molecular flexibility index (Phi) is 3.66. The maximum atomic E-state index is 12.5. The molecule has 1 aromatic carbocycles. The van der Waals surface area contributed by atoms with Crippen LogP contribution in [0.2, 0.25) is 5.02 Å². The molecule has 0 aliphatic heterocycles. The molecule has 0 radical (unpaired) electrons. The van der Waals surface area contributed by atoms with Crippen molar-refractivity contribution >= 4 is 11.6 Å². The van der Waals surface area contributed by atoms with E-state index < -0.39 is 11.7 Å². The molecule has 0 aliphatic rings. The first-order chi connectivity index (χ1) is 6.86. The molecule has 84 valence electrons. The standard InChI is InChI=1S/C11H12ClF3/c1-3-7(2)8-4-5-10(12)9(6-8)11(13,14)15/h4-7H,3H2,1-2H3. The Labute approximate surface area is 92.1 Å². The Bertz CT molecular complexity index is 344. The molecule has 1 aromatic rings. The van der Waals surface area contributed by atoms with Crippen molar-refractivity contribution in [2.75, 3.05) is 0 Å². The van der Waals surface area contributed by atoms with Crippen LogP contribution in [0.4, 0.5) is 13.2 Å². The van der Waals surface area contributed by atoms with Crippen LogP contribution in [0.1, 0.15) is 37.3 Å². The summed E-state index contributed by atoms with van der Waals surface area (Å²) in [6.07, 6.45) is -3.57. The van der Waals surface area contributed by atoms with Crippen LogP contribution >= 0.6 is 11.6 Å². The third-order valence-corrected chi connectivity index (χ3v) is 2.81. The van der Waals surface area contributed by atoms with E-state index in [1.165, 1.54) is 6.07 Å². The quantitative estimate of drug-likeness (QED) is 0.687. The van der Waals surface area contributed by atoms with Gasteiger partial charge < -0.3 is 0 Å². The second kappa shape index (κ2) is 4.44. The van der Waals surface area contributed by atoms with Gasteiger partial charge in [-0.25, -0.2) is 0 Å². The molecule has 0 heterocycles. The normalized spacial score (nSPS) is 14.0. The van der Waals surface area contributed by atoms with Crippen molar-refractivity contribution < 1.29 is 13.2 Å². The zero-order chi connectivity index (χ0) is 11.6. The van der Waals surface area contributed by atoms with Crippen LogP contribution < -0.4 is 0 Å². The molecule has 0 amide bonds. The Morgan fingerprint density at radius 3 is 2.40 bits per heavy atom. The van der Waals surface area contributed by atoms with Gasteiger partial charge in [-0.15, -0.1) is 0 Å². The SMILES string of the molecule is CCC(C)c1ccc(Cl)c(C(F)(F)F)c1. The summed E-state index contributed by atoms with van der Waals surface area (Å²) in [6.45, 7) is 3.83. The highest BCUT2D eigenvalue weighted by molar-refractivity contribution is 6.31. The number of alkyl halides is 3. The van der Waals surface area contributed by atoms with E-state index in [2.05, 4.69) is 0 Å². The zero-order valence-electron chi connectivity index (χ0n) is 8.53. The summed E-state index contributed by atoms with van der Waals surface area (Å²) in [5.41, 5.74) is -0.0730. The van der Waals surface area contributed by atoms with Crippen LogP contribution in [0.5, 0.6) is 0 Å². The van der Waals surface area contributed by atoms with Crippen molar-refractivity contribution in [3.8, 4) is 0 Å². The minimum atomic E-state index is -4.37. The summed E-state index contributed by atoms with van der Waals surface area (Å²) >= 11 is 5.51. The van der Waals surface area contributed by atoms with Crippen molar-refractivity contribution in [3.05, 3.63) is 34.3 Å². The van der Waals surface area contributed by atoms with E-state index in [9.17, 15) is 13.2 Å². The summed E-state index contributed by atoms with van der Waals surface area (Å²) < 4.78 is 37.5. The monoisotopic (exact) mass is 236 g/mol. The predicted molar refractivity (Wildman–Crippen MR) is 55.2 cm³/mol. The van der Waals surface area contributed by atoms with Crippen molar-refractivity contribution in [3.63, 3.8) is 0 Å². The van der Waals surface area contributed by atoms with E-state index in [1.807, 2.05) is 13.8 Å². The van der Waals surface area contributed by atoms with Crippen LogP contribution in [-0.4, -0.2) is 0 Å². The molecule has 4 heteroatoms. The first kappa shape index (κ1) is 12.4. The van der Waals surface area contributed by atoms with Gasteiger partial charge in [-0.1, -0.05) is 31.5 Å². The van der Waals surface area contributed by atoms with Gasteiger partial charge in [-0.3, -0.25) is 0 Å². The van der Waals surface area contributed by atoms with Gasteiger partial charge in [-0.2, -0.15) is 13.2 Å². The summed E-state index contributed by atoms with van der Waals surface area (Å²) in [5.74, 6) is 0.114. The molecule has 0 spiro atoms. The fourth-order valence-electron chi connectivity index (χ4n) is 1.30. The number of halogens is 4. The third-order valence-electron chi connectivity index (χ3n) is 2.48. The summed E-state index contributed by atoms with van der Waals surface area (Å²) in [7, 11) is 0. The highest BCUT2D eigenvalue weighted by atomic mass is 35.5. The lowest BCUT2D eigenvalue weighted by Gasteiger charge is -2.14. The van der Waals surface area contributed by atoms with Gasteiger partial charge in [0.15, 0.2) is 0 Å². The van der Waals surface area contributed by atoms with Crippen LogP contribution in [0.25, 0.3) is 0 Å². The van der Waals surface area contributed by atoms with Crippen LogP contribution in [-0.2, 0) is 6.18 Å². The van der Waals surface area contributed by atoms with E-state index in [0.717, 1.165) is 12.5 Å². The zero-order valence-corrected chi connectivity index (χ0v) is 9.28. The van der Waals surface area contributed by atoms with Crippen LogP contribution in [0.15, 0.2) is 18.2 Å². The van der Waals surface area contributed by atoms with E-state index >= 15 is 0 Å². The minimum Gasteiger partial charge on any atom is -0.166 e. The van der Waals surface area contributed by atoms with Crippen LogP contribution in [0.3, 0.4) is 0 Å². The molecule has 1 atom stereocenters. The molecular weight excluding hydrogens is 225 g/mol. The molecule has 0 aliphatic carbocycles. The third kappa shape index (κ3) is 2.88. The van der Waals surface area contributed by atoms with Crippen molar-refractivity contribution in [2.24, 2.45) is 0 Å². The Balaban J connectivity index is 3.17. The van der Waals surface area contributed by atoms with Gasteiger partial charge in [0.1, 0.15) is 0 Å². The molecule has 0 bridgehead atoms. The van der Waals surface area contributed by atoms with Gasteiger partial charge in [0.2, 0.25) is 0 Å². The average molecular weight is 237 g/mol. The molecule has 15 heavy (non-hydrogen) atoms. The second-order valence-corrected chi connectivity index (χ2v) is 3.95. The molecule has 1 rings (SSSR count). The van der Waals surface area contributed by atoms with E-state index in [4.69, 9.17) is 11.6 Å². The molecule has 1 unspecified atom stereocenters. The summed E-state index contributed by atoms with van der Waals surface area (Å²) in [5, 5.41) is -0.241. The Morgan fingerprint density at radius 2 is 1.93 bits per heavy atom. The summed E-state index contributed by atoms with van der Waals surface area (Å²) in [6, 6.07) is 4.09. The fourth-order valence-corrected chi connectivity index (χ4v) is 1.53. The first-order valence-corrected chi connectivity index (χ1v) is 5.10. The fraction of sp³-hybridized carbons (Fsp3) is 0.455. The lowest BCUT2D eigenvalue weighted by Crippen LogP contribution is -2.07. The van der Waals surface area contributed by atoms with Crippen molar-refractivity contribution in [1.29, 1.82) is 0 Å². The van der Waals surface area contributed by atoms with Gasteiger partial charge in [-0.05, 0) is 30.0 Å². The highest BCUT2D eigenvalue weighted by Gasteiger charge is 2.33. The number of hydrogen-bond acceptors (Lipinski definition) is 0. The van der Waals surface area contributed by atoms with Gasteiger partial charge in [0, 0.05) is 0 Å². The molecular formula is C11H12ClF3. The smallest absolute Gasteiger partial charge is 0.166 e. The average Bonchev–Trinajstić information content (AvgIpc) is 2.15. The minimum absolute atomic E-state index is 0.114. The Hall–Kier alpha value is -0.700. The van der Waals surface area contributed by atoms with E-state index in [1.54, 1.807) is 6.07 Å². The molecule has 0 aromatic heterocycles. The lowest BCUT2D eigenvalue weighted by atomic mass is 9.97. The number of rotatable bonds is 2. The second-order valence-electron chi connectivity index (χ2n) is 3.55. The predicted octanol–water partition coefficient (Wildman–Crippen LogP) is 4.87. The molecule has 0 saturated heterocycles. The van der Waals surface area contributed by atoms with Gasteiger partial charge in [0.05, 0.1) is 10.6 Å². The Morgan fingerprint density at radius 1 is 1.33 bits per heavy atom. The van der Waals surface area contributed by atoms with E-state index in [-0.39, 0.29) is 10.9 Å². The first-order valence-electron chi connectivity index (χ1n) is 4.73. The maximum absolute atomic E-state index is 12.5. The molecule has 0 N–H and O–H groups in total. The summed E-state index contributed by atoms with van der Waals surface area (Å²) in [4.78, 5) is 0. The van der Waals surface area contributed by atoms with Crippen LogP contribution in [0, 0.1) is 0 Å². The van der Waals surface area contributed by atoms with E-state index in [0.29, 0.717) is 5.56 Å². The van der Waals surface area contributed by atoms with Gasteiger partial charge in [0.25, 0.3) is 0 Å². The maximum Gasteiger partial charge on any atom is 0.417 e. The molecule has 0 fully saturated rings. The number of benzene rings is 1. The van der Waals surface area contributed by atoms with Crippen molar-refractivity contribution in [1.82, 2.24) is 0 Å². The van der Waals surface area contributed by atoms with Gasteiger partial charge >= 0.3 is 6.18 Å². The molecule has 0 nitrogen and oxygen atoms in total. The largest absolute Gasteiger partial charge is 0.417 e. The number of hydrogen-bond donors (Lipinski definition) is 0. The lowest BCUT2D eigenvalue weighted by molar-refractivity contribution is -0.137. The van der Waals surface area contributed by atoms with Crippen molar-refractivity contribution in [2.45, 2.75) is 32.4 Å².